The van der Waals surface area contributed by atoms with Crippen molar-refractivity contribution in [3.8, 4) is 0 Å². The van der Waals surface area contributed by atoms with Crippen LogP contribution in [0.25, 0.3) is 0 Å². The maximum atomic E-state index is 12.6. The Morgan fingerprint density at radius 2 is 1.96 bits per heavy atom. The molecule has 0 spiro atoms. The van der Waals surface area contributed by atoms with E-state index in [2.05, 4.69) is 51.8 Å². The SMILES string of the molecule is C[C@]12C=CC(=O)C=C1[C@@](Br)(CBr)C[C@@H]1[C@@H]2CC[C@]2(C)C(=O)CC[C@@H]12. The zero-order valence-electron chi connectivity index (χ0n) is 14.3. The predicted molar refractivity (Wildman–Crippen MR) is 102 cm³/mol. The van der Waals surface area contributed by atoms with Crippen LogP contribution in [0.3, 0.4) is 0 Å². The van der Waals surface area contributed by atoms with Crippen molar-refractivity contribution < 1.29 is 9.59 Å². The van der Waals surface area contributed by atoms with Gasteiger partial charge in [-0.05, 0) is 61.2 Å². The van der Waals surface area contributed by atoms with Crippen molar-refractivity contribution in [3.05, 3.63) is 23.8 Å². The van der Waals surface area contributed by atoms with Crippen LogP contribution in [0.15, 0.2) is 23.8 Å². The summed E-state index contributed by atoms with van der Waals surface area (Å²) >= 11 is 7.70. The molecule has 6 atom stereocenters. The first-order valence-corrected chi connectivity index (χ1v) is 10.9. The molecule has 0 aromatic rings. The third-order valence-corrected chi connectivity index (χ3v) is 10.4. The van der Waals surface area contributed by atoms with Gasteiger partial charge in [-0.15, -0.1) is 0 Å². The molecule has 0 N–H and O–H groups in total. The Kier molecular flexibility index (Phi) is 3.86. The third kappa shape index (κ3) is 2.11. The summed E-state index contributed by atoms with van der Waals surface area (Å²) in [5.41, 5.74) is 1.03. The third-order valence-electron chi connectivity index (χ3n) is 7.63. The van der Waals surface area contributed by atoms with Gasteiger partial charge in [0.05, 0.1) is 4.32 Å². The van der Waals surface area contributed by atoms with Crippen LogP contribution in [-0.4, -0.2) is 21.2 Å². The van der Waals surface area contributed by atoms with E-state index in [0.717, 1.165) is 37.4 Å². The van der Waals surface area contributed by atoms with Crippen molar-refractivity contribution in [2.45, 2.75) is 50.3 Å². The Hall–Kier alpha value is -0.220. The number of hydrogen-bond donors (Lipinski definition) is 0. The molecule has 4 heteroatoms. The van der Waals surface area contributed by atoms with Crippen LogP contribution in [0, 0.1) is 28.6 Å². The molecular formula is C20H24Br2O2. The lowest BCUT2D eigenvalue weighted by Crippen LogP contribution is -2.56. The fraction of sp³-hybridized carbons (Fsp3) is 0.700. The molecule has 24 heavy (non-hydrogen) atoms. The molecule has 0 aliphatic heterocycles. The standard InChI is InChI=1S/C20H24Br2O2/c1-18-7-5-12(23)9-16(18)20(22,11-21)10-13-14-3-4-17(24)19(14,2)8-6-15(13)18/h5,7,9,13-15H,3-4,6,8,10-11H2,1-2H3/t13-,14-,15-,18+,19-,20-/m0/s1. The molecule has 0 aromatic heterocycles. The summed E-state index contributed by atoms with van der Waals surface area (Å²) in [6.07, 6.45) is 10.7. The smallest absolute Gasteiger partial charge is 0.178 e. The van der Waals surface area contributed by atoms with Gasteiger partial charge in [-0.2, -0.15) is 0 Å². The maximum Gasteiger partial charge on any atom is 0.178 e. The molecule has 0 bridgehead atoms. The van der Waals surface area contributed by atoms with E-state index in [9.17, 15) is 9.59 Å². The van der Waals surface area contributed by atoms with E-state index in [1.54, 1.807) is 6.08 Å². The largest absolute Gasteiger partial charge is 0.299 e. The van der Waals surface area contributed by atoms with E-state index in [0.29, 0.717) is 23.5 Å². The van der Waals surface area contributed by atoms with Crippen molar-refractivity contribution in [3.63, 3.8) is 0 Å². The Bertz CT molecular complexity index is 681. The molecule has 0 saturated heterocycles. The number of hydrogen-bond acceptors (Lipinski definition) is 2. The number of ketones is 2. The molecule has 0 unspecified atom stereocenters. The molecule has 0 radical (unpaired) electrons. The lowest BCUT2D eigenvalue weighted by atomic mass is 9.47. The summed E-state index contributed by atoms with van der Waals surface area (Å²) < 4.78 is -0.187. The highest BCUT2D eigenvalue weighted by molar-refractivity contribution is 9.12. The fourth-order valence-corrected chi connectivity index (χ4v) is 7.77. The summed E-state index contributed by atoms with van der Waals surface area (Å²) in [5.74, 6) is 2.13. The van der Waals surface area contributed by atoms with Gasteiger partial charge in [-0.1, -0.05) is 51.8 Å². The molecular weight excluding hydrogens is 432 g/mol. The number of carbonyl (C=O) groups is 2. The molecule has 0 amide bonds. The molecule has 3 saturated carbocycles. The number of halogens is 2. The average molecular weight is 456 g/mol. The molecule has 2 nitrogen and oxygen atoms in total. The average Bonchev–Trinajstić information content (AvgIpc) is 2.85. The predicted octanol–water partition coefficient (Wildman–Crippen LogP) is 5.00. The Morgan fingerprint density at radius 3 is 2.67 bits per heavy atom. The van der Waals surface area contributed by atoms with Gasteiger partial charge in [-0.3, -0.25) is 9.59 Å². The highest BCUT2D eigenvalue weighted by atomic mass is 79.9. The number of rotatable bonds is 1. The van der Waals surface area contributed by atoms with Crippen molar-refractivity contribution in [2.24, 2.45) is 28.6 Å². The second-order valence-electron chi connectivity index (χ2n) is 8.67. The fourth-order valence-electron chi connectivity index (χ4n) is 6.32. The second kappa shape index (κ2) is 5.39. The van der Waals surface area contributed by atoms with Crippen LogP contribution in [-0.2, 0) is 9.59 Å². The molecule has 4 aliphatic carbocycles. The number of Topliss-reactive ketones (excluding diaryl/α,β-unsaturated/α-hetero) is 1. The maximum absolute atomic E-state index is 12.6. The van der Waals surface area contributed by atoms with Gasteiger partial charge < -0.3 is 0 Å². The van der Waals surface area contributed by atoms with E-state index in [-0.39, 0.29) is 20.9 Å². The lowest BCUT2D eigenvalue weighted by molar-refractivity contribution is -0.131. The Labute approximate surface area is 160 Å². The summed E-state index contributed by atoms with van der Waals surface area (Å²) in [4.78, 5) is 24.6. The zero-order valence-corrected chi connectivity index (χ0v) is 17.5. The quantitative estimate of drug-likeness (QED) is 0.521. The normalized spacial score (nSPS) is 50.2. The van der Waals surface area contributed by atoms with Gasteiger partial charge in [-0.25, -0.2) is 0 Å². The van der Waals surface area contributed by atoms with Crippen LogP contribution < -0.4 is 0 Å². The van der Waals surface area contributed by atoms with Gasteiger partial charge in [0.15, 0.2) is 5.78 Å². The highest BCUT2D eigenvalue weighted by Crippen LogP contribution is 2.67. The van der Waals surface area contributed by atoms with Crippen LogP contribution in [0.2, 0.25) is 0 Å². The zero-order chi connectivity index (χ0) is 17.3. The second-order valence-corrected chi connectivity index (χ2v) is 10.8. The van der Waals surface area contributed by atoms with Gasteiger partial charge in [0.2, 0.25) is 0 Å². The molecule has 130 valence electrons. The molecule has 0 aromatic carbocycles. The molecule has 4 rings (SSSR count). The van der Waals surface area contributed by atoms with Crippen molar-refractivity contribution >= 4 is 43.4 Å². The molecule has 4 aliphatic rings. The summed E-state index contributed by atoms with van der Waals surface area (Å²) in [7, 11) is 0. The van der Waals surface area contributed by atoms with E-state index < -0.39 is 0 Å². The minimum atomic E-state index is -0.187. The Balaban J connectivity index is 1.82. The topological polar surface area (TPSA) is 34.1 Å². The first-order chi connectivity index (χ1) is 11.2. The minimum Gasteiger partial charge on any atom is -0.299 e. The minimum absolute atomic E-state index is 0.0823. The van der Waals surface area contributed by atoms with E-state index in [4.69, 9.17) is 0 Å². The van der Waals surface area contributed by atoms with Crippen LogP contribution in [0.5, 0.6) is 0 Å². The first-order valence-electron chi connectivity index (χ1n) is 8.99. The summed E-state index contributed by atoms with van der Waals surface area (Å²) in [6, 6.07) is 0. The van der Waals surface area contributed by atoms with Gasteiger partial charge in [0.1, 0.15) is 5.78 Å². The van der Waals surface area contributed by atoms with Crippen molar-refractivity contribution in [1.29, 1.82) is 0 Å². The summed E-state index contributed by atoms with van der Waals surface area (Å²) in [5, 5.41) is 0.795. The number of carbonyl (C=O) groups excluding carboxylic acids is 2. The first kappa shape index (κ1) is 17.2. The summed E-state index contributed by atoms with van der Waals surface area (Å²) in [6.45, 7) is 4.51. The van der Waals surface area contributed by atoms with Crippen molar-refractivity contribution in [2.75, 3.05) is 5.33 Å². The Morgan fingerprint density at radius 1 is 1.21 bits per heavy atom. The van der Waals surface area contributed by atoms with Crippen LogP contribution in [0.4, 0.5) is 0 Å². The van der Waals surface area contributed by atoms with Gasteiger partial charge in [0, 0.05) is 22.6 Å². The number of allylic oxidation sites excluding steroid dienone is 4. The molecule has 3 fully saturated rings. The van der Waals surface area contributed by atoms with E-state index in [1.807, 2.05) is 6.08 Å². The monoisotopic (exact) mass is 454 g/mol. The lowest BCUT2D eigenvalue weighted by Gasteiger charge is -2.59. The van der Waals surface area contributed by atoms with Gasteiger partial charge >= 0.3 is 0 Å². The van der Waals surface area contributed by atoms with E-state index >= 15 is 0 Å². The van der Waals surface area contributed by atoms with Crippen molar-refractivity contribution in [1.82, 2.24) is 0 Å². The number of fused-ring (bicyclic) bond motifs is 5. The van der Waals surface area contributed by atoms with Crippen LogP contribution in [0.1, 0.15) is 46.0 Å². The van der Waals surface area contributed by atoms with Gasteiger partial charge in [0.25, 0.3) is 0 Å². The molecule has 0 heterocycles. The highest BCUT2D eigenvalue weighted by Gasteiger charge is 2.62. The van der Waals surface area contributed by atoms with Crippen LogP contribution >= 0.6 is 31.9 Å². The number of alkyl halides is 2. The van der Waals surface area contributed by atoms with E-state index in [1.165, 1.54) is 5.57 Å².